The predicted octanol–water partition coefficient (Wildman–Crippen LogP) is 5.63. The van der Waals surface area contributed by atoms with Crippen molar-refractivity contribution in [2.75, 3.05) is 23.1 Å². The number of ether oxygens (including phenoxy) is 1. The van der Waals surface area contributed by atoms with Gasteiger partial charge in [-0.05, 0) is 86.1 Å². The Morgan fingerprint density at radius 2 is 1.73 bits per heavy atom. The quantitative estimate of drug-likeness (QED) is 0.626. The molecule has 0 unspecified atom stereocenters. The average Bonchev–Trinajstić information content (AvgIpc) is 3.20. The van der Waals surface area contributed by atoms with Gasteiger partial charge in [0.2, 0.25) is 11.8 Å². The second kappa shape index (κ2) is 8.08. The Morgan fingerprint density at radius 1 is 1.03 bits per heavy atom. The van der Waals surface area contributed by atoms with Crippen molar-refractivity contribution >= 4 is 35.0 Å². The summed E-state index contributed by atoms with van der Waals surface area (Å²) in [5.41, 5.74) is 2.52. The molecule has 1 N–H and O–H groups in total. The molecule has 1 atom stereocenters. The second-order valence-electron chi connectivity index (χ2n) is 10.4. The van der Waals surface area contributed by atoms with Gasteiger partial charge in [-0.2, -0.15) is 0 Å². The minimum Gasteiger partial charge on any atom is -0.497 e. The van der Waals surface area contributed by atoms with Crippen LogP contribution in [0.25, 0.3) is 0 Å². The average molecular weight is 463 g/mol. The van der Waals surface area contributed by atoms with Crippen molar-refractivity contribution in [3.63, 3.8) is 0 Å². The maximum absolute atomic E-state index is 13.5. The number of rotatable bonds is 5. The number of benzene rings is 2. The molecule has 4 bridgehead atoms. The Balaban J connectivity index is 1.24. The van der Waals surface area contributed by atoms with E-state index in [0.717, 1.165) is 59.7 Å². The van der Waals surface area contributed by atoms with Crippen LogP contribution in [0.1, 0.15) is 49.5 Å². The molecule has 0 aromatic heterocycles. The molecule has 172 valence electrons. The van der Waals surface area contributed by atoms with Gasteiger partial charge in [-0.3, -0.25) is 14.5 Å². The van der Waals surface area contributed by atoms with Crippen LogP contribution >= 0.6 is 11.8 Å². The maximum atomic E-state index is 13.5. The molecule has 1 heterocycles. The molecule has 0 spiro atoms. The maximum Gasteiger partial charge on any atom is 0.238 e. The van der Waals surface area contributed by atoms with E-state index >= 15 is 0 Å². The van der Waals surface area contributed by atoms with Crippen LogP contribution in [0.15, 0.2) is 48.5 Å². The number of hydrogen-bond acceptors (Lipinski definition) is 4. The van der Waals surface area contributed by atoms with E-state index in [4.69, 9.17) is 4.74 Å². The Labute approximate surface area is 199 Å². The number of carbonyl (C=O) groups is 2. The van der Waals surface area contributed by atoms with Crippen molar-refractivity contribution in [2.24, 2.45) is 23.2 Å². The fourth-order valence-electron chi connectivity index (χ4n) is 7.13. The first-order valence-corrected chi connectivity index (χ1v) is 13.1. The van der Waals surface area contributed by atoms with E-state index in [-0.39, 0.29) is 22.6 Å². The molecule has 5 aliphatic rings. The third-order valence-corrected chi connectivity index (χ3v) is 9.36. The van der Waals surface area contributed by atoms with Crippen LogP contribution in [0.3, 0.4) is 0 Å². The minimum absolute atomic E-state index is 0.0845. The van der Waals surface area contributed by atoms with Gasteiger partial charge in [0.1, 0.15) is 11.1 Å². The zero-order chi connectivity index (χ0) is 22.6. The standard InChI is InChI=1S/C27H30N2O3S/c1-32-23-7-3-6-22(12-23)29-24(30)16-33-25(29)20-4-2-5-21(11-20)28-26(31)27-13-17-8-18(14-27)10-19(9-17)15-27/h2-7,11-12,17-19,25H,8-10,13-16H2,1H3,(H,28,31)/t17?,18?,19?,25-,27?/m1/s1. The van der Waals surface area contributed by atoms with E-state index in [1.54, 1.807) is 18.9 Å². The molecule has 33 heavy (non-hydrogen) atoms. The molecule has 5 fully saturated rings. The SMILES string of the molecule is COc1cccc(N2C(=O)CS[C@@H]2c2cccc(NC(=O)C34CC5CC(CC(C5)C3)C4)c2)c1. The Morgan fingerprint density at radius 3 is 2.42 bits per heavy atom. The van der Waals surface area contributed by atoms with Crippen molar-refractivity contribution < 1.29 is 14.3 Å². The summed E-state index contributed by atoms with van der Waals surface area (Å²) in [6.07, 6.45) is 7.16. The van der Waals surface area contributed by atoms with Crippen molar-refractivity contribution in [2.45, 2.75) is 43.9 Å². The zero-order valence-electron chi connectivity index (χ0n) is 19.0. The molecule has 2 aromatic rings. The summed E-state index contributed by atoms with van der Waals surface area (Å²) in [6.45, 7) is 0. The van der Waals surface area contributed by atoms with E-state index in [1.807, 2.05) is 53.4 Å². The summed E-state index contributed by atoms with van der Waals surface area (Å²) in [6, 6.07) is 15.7. The highest BCUT2D eigenvalue weighted by Gasteiger charge is 2.54. The van der Waals surface area contributed by atoms with Crippen LogP contribution in [0, 0.1) is 23.2 Å². The number of hydrogen-bond donors (Lipinski definition) is 1. The van der Waals surface area contributed by atoms with E-state index in [0.29, 0.717) is 5.75 Å². The van der Waals surface area contributed by atoms with Gasteiger partial charge < -0.3 is 10.1 Å². The van der Waals surface area contributed by atoms with Crippen LogP contribution in [0.4, 0.5) is 11.4 Å². The van der Waals surface area contributed by atoms with Crippen LogP contribution in [-0.4, -0.2) is 24.7 Å². The Hall–Kier alpha value is -2.47. The van der Waals surface area contributed by atoms with Gasteiger partial charge in [0.05, 0.1) is 18.3 Å². The normalized spacial score (nSPS) is 32.3. The van der Waals surface area contributed by atoms with Crippen molar-refractivity contribution in [3.8, 4) is 5.75 Å². The van der Waals surface area contributed by atoms with Crippen LogP contribution in [0.5, 0.6) is 5.75 Å². The highest BCUT2D eigenvalue weighted by atomic mass is 32.2. The van der Waals surface area contributed by atoms with Crippen LogP contribution in [0.2, 0.25) is 0 Å². The summed E-state index contributed by atoms with van der Waals surface area (Å²) < 4.78 is 5.36. The number of carbonyl (C=O) groups excluding carboxylic acids is 2. The first-order valence-electron chi connectivity index (χ1n) is 12.0. The molecule has 2 aromatic carbocycles. The molecule has 6 heteroatoms. The minimum atomic E-state index is -0.171. The topological polar surface area (TPSA) is 58.6 Å². The molecule has 1 saturated heterocycles. The second-order valence-corrected chi connectivity index (χ2v) is 11.5. The van der Waals surface area contributed by atoms with Gasteiger partial charge in [0, 0.05) is 17.4 Å². The molecule has 7 rings (SSSR count). The number of anilines is 2. The fourth-order valence-corrected chi connectivity index (χ4v) is 8.30. The van der Waals surface area contributed by atoms with Gasteiger partial charge in [-0.15, -0.1) is 11.8 Å². The van der Waals surface area contributed by atoms with Gasteiger partial charge in [0.15, 0.2) is 0 Å². The van der Waals surface area contributed by atoms with E-state index < -0.39 is 0 Å². The smallest absolute Gasteiger partial charge is 0.238 e. The lowest BCUT2D eigenvalue weighted by Gasteiger charge is -2.55. The number of nitrogens with zero attached hydrogens (tertiary/aromatic N) is 1. The lowest BCUT2D eigenvalue weighted by atomic mass is 9.49. The van der Waals surface area contributed by atoms with Crippen molar-refractivity contribution in [1.82, 2.24) is 0 Å². The van der Waals surface area contributed by atoms with Gasteiger partial charge in [-0.1, -0.05) is 18.2 Å². The lowest BCUT2D eigenvalue weighted by molar-refractivity contribution is -0.140. The number of nitrogens with one attached hydrogen (secondary N) is 1. The molecule has 5 nitrogen and oxygen atoms in total. The first-order chi connectivity index (χ1) is 16.0. The number of methoxy groups -OCH3 is 1. The molecule has 0 radical (unpaired) electrons. The number of amides is 2. The van der Waals surface area contributed by atoms with E-state index in [2.05, 4.69) is 5.32 Å². The highest BCUT2D eigenvalue weighted by Crippen LogP contribution is 2.60. The highest BCUT2D eigenvalue weighted by molar-refractivity contribution is 8.00. The summed E-state index contributed by atoms with van der Waals surface area (Å²) in [5.74, 6) is 3.68. The number of thioether (sulfide) groups is 1. The molecular formula is C27H30N2O3S. The predicted molar refractivity (Wildman–Crippen MR) is 131 cm³/mol. The molecule has 2 amide bonds. The van der Waals surface area contributed by atoms with E-state index in [1.165, 1.54) is 19.3 Å². The van der Waals surface area contributed by atoms with Crippen molar-refractivity contribution in [1.29, 1.82) is 0 Å². The first kappa shape index (κ1) is 21.1. The third kappa shape index (κ3) is 3.72. The van der Waals surface area contributed by atoms with Gasteiger partial charge >= 0.3 is 0 Å². The summed E-state index contributed by atoms with van der Waals surface area (Å²) in [4.78, 5) is 28.1. The summed E-state index contributed by atoms with van der Waals surface area (Å²) in [5, 5.41) is 3.15. The van der Waals surface area contributed by atoms with E-state index in [9.17, 15) is 9.59 Å². The summed E-state index contributed by atoms with van der Waals surface area (Å²) in [7, 11) is 1.63. The molecular weight excluding hydrogens is 432 g/mol. The molecule has 1 aliphatic heterocycles. The van der Waals surface area contributed by atoms with Crippen LogP contribution in [-0.2, 0) is 9.59 Å². The van der Waals surface area contributed by atoms with Crippen molar-refractivity contribution in [3.05, 3.63) is 54.1 Å². The lowest BCUT2D eigenvalue weighted by Crippen LogP contribution is -2.51. The Bertz CT molecular complexity index is 1060. The zero-order valence-corrected chi connectivity index (χ0v) is 19.8. The third-order valence-electron chi connectivity index (χ3n) is 8.15. The van der Waals surface area contributed by atoms with Crippen LogP contribution < -0.4 is 15.0 Å². The monoisotopic (exact) mass is 462 g/mol. The summed E-state index contributed by atoms with van der Waals surface area (Å²) >= 11 is 1.62. The van der Waals surface area contributed by atoms with Gasteiger partial charge in [0.25, 0.3) is 0 Å². The largest absolute Gasteiger partial charge is 0.497 e. The Kier molecular flexibility index (Phi) is 5.17. The fraction of sp³-hybridized carbons (Fsp3) is 0.481. The molecule has 4 saturated carbocycles. The molecule has 4 aliphatic carbocycles. The van der Waals surface area contributed by atoms with Gasteiger partial charge in [-0.25, -0.2) is 0 Å².